The van der Waals surface area contributed by atoms with Gasteiger partial charge in [-0.25, -0.2) is 0 Å². The predicted molar refractivity (Wildman–Crippen MR) is 95.8 cm³/mol. The van der Waals surface area contributed by atoms with E-state index in [-0.39, 0.29) is 5.91 Å². The number of amides is 1. The molecule has 0 saturated carbocycles. The average Bonchev–Trinajstić information content (AvgIpc) is 2.58. The Morgan fingerprint density at radius 3 is 2.61 bits per heavy atom. The second-order valence-corrected chi connectivity index (χ2v) is 6.86. The van der Waals surface area contributed by atoms with Gasteiger partial charge in [0, 0.05) is 48.6 Å². The fraction of sp³-hybridized carbons (Fsp3) is 0.333. The first-order valence-electron chi connectivity index (χ1n) is 7.88. The van der Waals surface area contributed by atoms with E-state index in [0.29, 0.717) is 12.5 Å². The number of anilines is 1. The van der Waals surface area contributed by atoms with Crippen molar-refractivity contribution in [2.75, 3.05) is 23.4 Å². The number of nitrogens with one attached hydrogen (secondary N) is 2. The van der Waals surface area contributed by atoms with E-state index in [4.69, 9.17) is 0 Å². The molecule has 0 radical (unpaired) electrons. The van der Waals surface area contributed by atoms with Gasteiger partial charge < -0.3 is 10.6 Å². The summed E-state index contributed by atoms with van der Waals surface area (Å²) in [6.07, 6.45) is 5.02. The Labute approximate surface area is 141 Å². The molecule has 2 aromatic rings. The Hall–Kier alpha value is -1.85. The third kappa shape index (κ3) is 5.08. The van der Waals surface area contributed by atoms with Crippen molar-refractivity contribution >= 4 is 23.4 Å². The van der Waals surface area contributed by atoms with Gasteiger partial charge in [-0.3, -0.25) is 9.78 Å². The number of hydrogen-bond acceptors (Lipinski definition) is 4. The van der Waals surface area contributed by atoms with Crippen molar-refractivity contribution in [3.05, 3.63) is 59.9 Å². The van der Waals surface area contributed by atoms with Crippen LogP contribution in [-0.4, -0.2) is 35.0 Å². The summed E-state index contributed by atoms with van der Waals surface area (Å²) in [6.45, 7) is 0.992. The number of carbonyl (C=O) groups is 1. The van der Waals surface area contributed by atoms with Gasteiger partial charge >= 0.3 is 0 Å². The normalized spacial score (nSPS) is 17.7. The first-order valence-corrected chi connectivity index (χ1v) is 9.04. The number of pyridine rings is 1. The van der Waals surface area contributed by atoms with Crippen molar-refractivity contribution < 1.29 is 4.79 Å². The molecule has 4 nitrogen and oxygen atoms in total. The van der Waals surface area contributed by atoms with Crippen molar-refractivity contribution in [1.82, 2.24) is 10.3 Å². The van der Waals surface area contributed by atoms with E-state index in [0.717, 1.165) is 30.2 Å². The standard InChI is InChI=1S/C18H21N3OS/c22-18(12-17-13-23-10-9-20-17)21-16-3-1-14(2-4-16)11-15-5-7-19-8-6-15/h1-8,17,20H,9-13H2,(H,21,22). The number of carbonyl (C=O) groups excluding carboxylic acids is 1. The molecule has 2 heterocycles. The average molecular weight is 327 g/mol. The third-order valence-electron chi connectivity index (χ3n) is 3.83. The Morgan fingerprint density at radius 1 is 1.17 bits per heavy atom. The van der Waals surface area contributed by atoms with Gasteiger partial charge in [-0.2, -0.15) is 11.8 Å². The zero-order chi connectivity index (χ0) is 15.9. The van der Waals surface area contributed by atoms with Crippen LogP contribution < -0.4 is 10.6 Å². The van der Waals surface area contributed by atoms with Gasteiger partial charge in [-0.1, -0.05) is 12.1 Å². The smallest absolute Gasteiger partial charge is 0.225 e. The molecule has 0 bridgehead atoms. The molecule has 0 spiro atoms. The molecule has 0 aliphatic carbocycles. The maximum absolute atomic E-state index is 12.1. The maximum atomic E-state index is 12.1. The molecule has 1 aromatic heterocycles. The molecule has 1 saturated heterocycles. The van der Waals surface area contributed by atoms with Gasteiger partial charge in [0.2, 0.25) is 5.91 Å². The highest BCUT2D eigenvalue weighted by atomic mass is 32.2. The van der Waals surface area contributed by atoms with Gasteiger partial charge in [0.15, 0.2) is 0 Å². The molecule has 1 amide bonds. The number of rotatable bonds is 5. The van der Waals surface area contributed by atoms with E-state index in [9.17, 15) is 4.79 Å². The van der Waals surface area contributed by atoms with Crippen LogP contribution in [0, 0.1) is 0 Å². The van der Waals surface area contributed by atoms with Gasteiger partial charge in [0.25, 0.3) is 0 Å². The first-order chi connectivity index (χ1) is 11.3. The van der Waals surface area contributed by atoms with Crippen LogP contribution in [0.4, 0.5) is 5.69 Å². The molecule has 120 valence electrons. The minimum Gasteiger partial charge on any atom is -0.326 e. The minimum absolute atomic E-state index is 0.0758. The molecular formula is C18H21N3OS. The lowest BCUT2D eigenvalue weighted by Gasteiger charge is -2.22. The molecule has 2 N–H and O–H groups in total. The van der Waals surface area contributed by atoms with Crippen molar-refractivity contribution in [3.63, 3.8) is 0 Å². The van der Waals surface area contributed by atoms with Crippen molar-refractivity contribution in [2.45, 2.75) is 18.9 Å². The van der Waals surface area contributed by atoms with Crippen LogP contribution in [0.25, 0.3) is 0 Å². The summed E-state index contributed by atoms with van der Waals surface area (Å²) >= 11 is 1.91. The van der Waals surface area contributed by atoms with Crippen LogP contribution in [0.1, 0.15) is 17.5 Å². The largest absolute Gasteiger partial charge is 0.326 e. The minimum atomic E-state index is 0.0758. The molecule has 1 aliphatic rings. The van der Waals surface area contributed by atoms with E-state index in [1.165, 1.54) is 11.1 Å². The van der Waals surface area contributed by atoms with Crippen molar-refractivity contribution in [1.29, 1.82) is 0 Å². The summed E-state index contributed by atoms with van der Waals surface area (Å²) in [5, 5.41) is 6.37. The maximum Gasteiger partial charge on any atom is 0.225 e. The van der Waals surface area contributed by atoms with Gasteiger partial charge in [-0.15, -0.1) is 0 Å². The number of benzene rings is 1. The summed E-state index contributed by atoms with van der Waals surface area (Å²) in [4.78, 5) is 16.1. The molecule has 5 heteroatoms. The van der Waals surface area contributed by atoms with Gasteiger partial charge in [-0.05, 0) is 41.8 Å². The van der Waals surface area contributed by atoms with Crippen LogP contribution in [0.2, 0.25) is 0 Å². The van der Waals surface area contributed by atoms with Crippen LogP contribution in [0.15, 0.2) is 48.8 Å². The van der Waals surface area contributed by atoms with E-state index in [1.807, 2.05) is 48.4 Å². The molecule has 1 aromatic carbocycles. The summed E-state index contributed by atoms with van der Waals surface area (Å²) in [6, 6.07) is 12.4. The van der Waals surface area contributed by atoms with E-state index >= 15 is 0 Å². The van der Waals surface area contributed by atoms with E-state index in [1.54, 1.807) is 0 Å². The van der Waals surface area contributed by atoms with Crippen LogP contribution in [0.3, 0.4) is 0 Å². The lowest BCUT2D eigenvalue weighted by Crippen LogP contribution is -2.39. The molecule has 1 atom stereocenters. The van der Waals surface area contributed by atoms with Crippen LogP contribution in [-0.2, 0) is 11.2 Å². The molecule has 1 aliphatic heterocycles. The quantitative estimate of drug-likeness (QED) is 0.886. The summed E-state index contributed by atoms with van der Waals surface area (Å²) < 4.78 is 0. The fourth-order valence-electron chi connectivity index (χ4n) is 2.63. The molecule has 3 rings (SSSR count). The second-order valence-electron chi connectivity index (χ2n) is 5.71. The summed E-state index contributed by atoms with van der Waals surface area (Å²) in [7, 11) is 0. The SMILES string of the molecule is O=C(CC1CSCCN1)Nc1ccc(Cc2ccncc2)cc1. The van der Waals surface area contributed by atoms with Gasteiger partial charge in [0.1, 0.15) is 0 Å². The highest BCUT2D eigenvalue weighted by Gasteiger charge is 2.16. The molecular weight excluding hydrogens is 306 g/mol. The summed E-state index contributed by atoms with van der Waals surface area (Å²) in [5.74, 6) is 2.22. The van der Waals surface area contributed by atoms with Crippen molar-refractivity contribution in [2.24, 2.45) is 0 Å². The molecule has 1 unspecified atom stereocenters. The van der Waals surface area contributed by atoms with E-state index in [2.05, 4.69) is 27.8 Å². The molecule has 23 heavy (non-hydrogen) atoms. The first kappa shape index (κ1) is 16.0. The van der Waals surface area contributed by atoms with Crippen LogP contribution in [0.5, 0.6) is 0 Å². The third-order valence-corrected chi connectivity index (χ3v) is 4.96. The fourth-order valence-corrected chi connectivity index (χ4v) is 3.58. The molecule has 1 fully saturated rings. The van der Waals surface area contributed by atoms with E-state index < -0.39 is 0 Å². The number of hydrogen-bond donors (Lipinski definition) is 2. The lowest BCUT2D eigenvalue weighted by molar-refractivity contribution is -0.116. The number of thioether (sulfide) groups is 1. The highest BCUT2D eigenvalue weighted by molar-refractivity contribution is 7.99. The topological polar surface area (TPSA) is 54.0 Å². The van der Waals surface area contributed by atoms with Crippen molar-refractivity contribution in [3.8, 4) is 0 Å². The number of aromatic nitrogens is 1. The zero-order valence-corrected chi connectivity index (χ0v) is 13.8. The Kier molecular flexibility index (Phi) is 5.66. The lowest BCUT2D eigenvalue weighted by atomic mass is 10.1. The predicted octanol–water partition coefficient (Wildman–Crippen LogP) is 2.71. The Balaban J connectivity index is 1.51. The zero-order valence-electron chi connectivity index (χ0n) is 13.0. The van der Waals surface area contributed by atoms with Gasteiger partial charge in [0.05, 0.1) is 0 Å². The summed E-state index contributed by atoms with van der Waals surface area (Å²) in [5.41, 5.74) is 3.31. The Bertz CT molecular complexity index is 624. The highest BCUT2D eigenvalue weighted by Crippen LogP contribution is 2.15. The second kappa shape index (κ2) is 8.13. The van der Waals surface area contributed by atoms with Crippen LogP contribution >= 0.6 is 11.8 Å². The number of nitrogens with zero attached hydrogens (tertiary/aromatic N) is 1. The Morgan fingerprint density at radius 2 is 1.91 bits per heavy atom. The monoisotopic (exact) mass is 327 g/mol.